The van der Waals surface area contributed by atoms with E-state index in [2.05, 4.69) is 5.32 Å². The molecule has 3 atom stereocenters. The number of esters is 1. The largest absolute Gasteiger partial charge is 0.456 e. The average Bonchev–Trinajstić information content (AvgIpc) is 3.39. The van der Waals surface area contributed by atoms with E-state index in [1.54, 1.807) is 42.5 Å². The highest BCUT2D eigenvalue weighted by molar-refractivity contribution is 6.30. The van der Waals surface area contributed by atoms with E-state index in [1.807, 2.05) is 0 Å². The van der Waals surface area contributed by atoms with E-state index in [1.165, 1.54) is 19.3 Å². The van der Waals surface area contributed by atoms with Gasteiger partial charge in [0, 0.05) is 23.1 Å². The molecule has 2 fully saturated rings. The minimum absolute atomic E-state index is 0.174. The predicted molar refractivity (Wildman–Crippen MR) is 113 cm³/mol. The normalized spacial score (nSPS) is 23.3. The summed E-state index contributed by atoms with van der Waals surface area (Å²) >= 11 is 0. The Balaban J connectivity index is 1.25. The Morgan fingerprint density at radius 2 is 1.65 bits per heavy atom. The molecule has 2 aromatic rings. The Bertz CT molecular complexity index is 1100. The van der Waals surface area contributed by atoms with Crippen molar-refractivity contribution in [2.24, 2.45) is 17.8 Å². The van der Waals surface area contributed by atoms with Crippen molar-refractivity contribution in [1.29, 1.82) is 0 Å². The van der Waals surface area contributed by atoms with Crippen LogP contribution in [0.15, 0.2) is 42.5 Å². The average molecular weight is 417 g/mol. The van der Waals surface area contributed by atoms with Crippen molar-refractivity contribution < 1.29 is 23.9 Å². The zero-order chi connectivity index (χ0) is 21.5. The molecule has 0 unspecified atom stereocenters. The molecule has 0 aromatic heterocycles. The predicted octanol–water partition coefficient (Wildman–Crippen LogP) is 3.77. The highest BCUT2D eigenvalue weighted by atomic mass is 16.5. The lowest BCUT2D eigenvalue weighted by atomic mass is 9.83. The fourth-order valence-corrected chi connectivity index (χ4v) is 5.48. The Hall–Kier alpha value is -3.28. The number of rotatable bonds is 5. The van der Waals surface area contributed by atoms with Crippen molar-refractivity contribution in [2.45, 2.75) is 32.1 Å². The molecule has 2 saturated carbocycles. The van der Waals surface area contributed by atoms with Crippen molar-refractivity contribution >= 4 is 29.1 Å². The molecule has 2 aromatic carbocycles. The molecule has 1 amide bonds. The summed E-state index contributed by atoms with van der Waals surface area (Å²) in [6.07, 6.45) is 5.12. The monoisotopic (exact) mass is 417 g/mol. The van der Waals surface area contributed by atoms with Gasteiger partial charge in [-0.15, -0.1) is 0 Å². The van der Waals surface area contributed by atoms with Crippen LogP contribution in [0.2, 0.25) is 0 Å². The van der Waals surface area contributed by atoms with Crippen LogP contribution >= 0.6 is 0 Å². The number of hydrogen-bond donors (Lipinski definition) is 1. The van der Waals surface area contributed by atoms with Gasteiger partial charge < -0.3 is 10.1 Å². The molecular formula is C25H23NO5. The Kier molecular flexibility index (Phi) is 4.93. The van der Waals surface area contributed by atoms with Crippen molar-refractivity contribution in [3.63, 3.8) is 0 Å². The number of fused-ring (bicyclic) bond motifs is 4. The molecule has 3 aliphatic rings. The third kappa shape index (κ3) is 3.56. The van der Waals surface area contributed by atoms with E-state index in [0.717, 1.165) is 12.3 Å². The maximum Gasteiger partial charge on any atom is 0.306 e. The number of anilines is 1. The van der Waals surface area contributed by atoms with Crippen LogP contribution in [0, 0.1) is 17.8 Å². The van der Waals surface area contributed by atoms with Gasteiger partial charge in [-0.05, 0) is 43.1 Å². The number of ketones is 2. The first kappa shape index (κ1) is 19.7. The number of benzene rings is 2. The second-order valence-corrected chi connectivity index (χ2v) is 8.78. The third-order valence-electron chi connectivity index (χ3n) is 6.90. The van der Waals surface area contributed by atoms with Gasteiger partial charge in [0.05, 0.1) is 11.3 Å². The Labute approximate surface area is 180 Å². The second-order valence-electron chi connectivity index (χ2n) is 8.78. The summed E-state index contributed by atoms with van der Waals surface area (Å²) in [5, 5.41) is 2.64. The van der Waals surface area contributed by atoms with Crippen molar-refractivity contribution in [1.82, 2.24) is 0 Å². The van der Waals surface area contributed by atoms with Crippen molar-refractivity contribution in [2.75, 3.05) is 11.9 Å². The van der Waals surface area contributed by atoms with Crippen LogP contribution in [-0.4, -0.2) is 30.0 Å². The summed E-state index contributed by atoms with van der Waals surface area (Å²) in [5.74, 6) is 0.290. The van der Waals surface area contributed by atoms with Crippen molar-refractivity contribution in [3.05, 3.63) is 64.7 Å². The van der Waals surface area contributed by atoms with E-state index < -0.39 is 12.5 Å². The molecule has 31 heavy (non-hydrogen) atoms. The van der Waals surface area contributed by atoms with Crippen LogP contribution in [0.5, 0.6) is 0 Å². The number of hydrogen-bond acceptors (Lipinski definition) is 5. The van der Waals surface area contributed by atoms with Gasteiger partial charge in [0.25, 0.3) is 5.91 Å². The lowest BCUT2D eigenvalue weighted by Gasteiger charge is -2.21. The van der Waals surface area contributed by atoms with Crippen LogP contribution in [-0.2, 0) is 14.3 Å². The number of ether oxygens (including phenoxy) is 1. The first-order chi connectivity index (χ1) is 15.0. The van der Waals surface area contributed by atoms with Gasteiger partial charge in [-0.25, -0.2) is 0 Å². The number of nitrogens with one attached hydrogen (secondary N) is 1. The van der Waals surface area contributed by atoms with Gasteiger partial charge in [0.2, 0.25) is 0 Å². The van der Waals surface area contributed by atoms with Crippen LogP contribution in [0.4, 0.5) is 5.69 Å². The maximum absolute atomic E-state index is 13.0. The molecule has 0 radical (unpaired) electrons. The van der Waals surface area contributed by atoms with Gasteiger partial charge in [0.1, 0.15) is 0 Å². The minimum Gasteiger partial charge on any atom is -0.456 e. The molecule has 1 N–H and O–H groups in total. The fraction of sp³-hybridized carbons (Fsp3) is 0.360. The molecule has 2 bridgehead atoms. The highest BCUT2D eigenvalue weighted by Crippen LogP contribution is 2.49. The Morgan fingerprint density at radius 3 is 2.35 bits per heavy atom. The third-order valence-corrected chi connectivity index (χ3v) is 6.90. The molecule has 0 saturated heterocycles. The van der Waals surface area contributed by atoms with Crippen LogP contribution in [0.1, 0.15) is 63.9 Å². The first-order valence-electron chi connectivity index (χ1n) is 10.8. The molecule has 0 aliphatic heterocycles. The summed E-state index contributed by atoms with van der Waals surface area (Å²) in [7, 11) is 0. The summed E-state index contributed by atoms with van der Waals surface area (Å²) in [5.41, 5.74) is 1.36. The van der Waals surface area contributed by atoms with E-state index in [-0.39, 0.29) is 34.4 Å². The second kappa shape index (κ2) is 7.76. The zero-order valence-electron chi connectivity index (χ0n) is 17.1. The molecule has 5 rings (SSSR count). The summed E-state index contributed by atoms with van der Waals surface area (Å²) in [4.78, 5) is 50.4. The molecule has 0 spiro atoms. The fourth-order valence-electron chi connectivity index (χ4n) is 5.48. The topological polar surface area (TPSA) is 89.5 Å². The van der Waals surface area contributed by atoms with E-state index >= 15 is 0 Å². The van der Waals surface area contributed by atoms with Gasteiger partial charge >= 0.3 is 5.97 Å². The Morgan fingerprint density at radius 1 is 0.903 bits per heavy atom. The quantitative estimate of drug-likeness (QED) is 0.639. The van der Waals surface area contributed by atoms with Crippen LogP contribution < -0.4 is 5.32 Å². The van der Waals surface area contributed by atoms with E-state index in [9.17, 15) is 19.2 Å². The maximum atomic E-state index is 13.0. The molecular weight excluding hydrogens is 394 g/mol. The molecule has 6 nitrogen and oxygen atoms in total. The summed E-state index contributed by atoms with van der Waals surface area (Å²) in [6.45, 7) is -0.415. The first-order valence-corrected chi connectivity index (χ1v) is 10.8. The van der Waals surface area contributed by atoms with Gasteiger partial charge in [-0.2, -0.15) is 0 Å². The van der Waals surface area contributed by atoms with Crippen molar-refractivity contribution in [3.8, 4) is 0 Å². The minimum atomic E-state index is -0.534. The lowest BCUT2D eigenvalue weighted by molar-refractivity contribution is -0.148. The number of amides is 1. The van der Waals surface area contributed by atoms with Gasteiger partial charge in [-0.1, -0.05) is 42.8 Å². The van der Waals surface area contributed by atoms with E-state index in [4.69, 9.17) is 4.74 Å². The van der Waals surface area contributed by atoms with Crippen LogP contribution in [0.25, 0.3) is 0 Å². The standard InChI is InChI=1S/C25H23NO5/c27-21(13-31-22(28)12-16-11-14-8-9-15(16)10-14)26-20-7-3-6-19-23(20)25(30)18-5-2-1-4-17(18)24(19)29/h1-7,14-16H,8-13H2,(H,26,27)/t14-,15+,16-/m1/s1. The SMILES string of the molecule is O=C(COC(=O)C[C@H]1C[C@@H]2CC[C@H]1C2)Nc1cccc2c1C(=O)c1ccccc1C2=O. The van der Waals surface area contributed by atoms with E-state index in [0.29, 0.717) is 29.4 Å². The molecule has 6 heteroatoms. The number of carbonyl (C=O) groups is 4. The van der Waals surface area contributed by atoms with Gasteiger partial charge in [-0.3, -0.25) is 19.2 Å². The van der Waals surface area contributed by atoms with Gasteiger partial charge in [0.15, 0.2) is 18.2 Å². The number of carbonyl (C=O) groups excluding carboxylic acids is 4. The molecule has 3 aliphatic carbocycles. The highest BCUT2D eigenvalue weighted by Gasteiger charge is 2.40. The summed E-state index contributed by atoms with van der Waals surface area (Å²) in [6, 6.07) is 11.4. The summed E-state index contributed by atoms with van der Waals surface area (Å²) < 4.78 is 5.19. The lowest BCUT2D eigenvalue weighted by Crippen LogP contribution is -2.26. The zero-order valence-corrected chi connectivity index (χ0v) is 17.1. The molecule has 158 valence electrons. The smallest absolute Gasteiger partial charge is 0.306 e. The molecule has 0 heterocycles. The van der Waals surface area contributed by atoms with Crippen LogP contribution in [0.3, 0.4) is 0 Å².